The maximum atomic E-state index is 13.8. The fourth-order valence-electron chi connectivity index (χ4n) is 8.52. The van der Waals surface area contributed by atoms with Gasteiger partial charge in [-0.05, 0) is 86.6 Å². The van der Waals surface area contributed by atoms with Crippen LogP contribution in [0.2, 0.25) is 0 Å². The van der Waals surface area contributed by atoms with E-state index in [1.807, 2.05) is 81.4 Å². The van der Waals surface area contributed by atoms with E-state index in [2.05, 4.69) is 27.7 Å². The predicted molar refractivity (Wildman–Crippen MR) is 209 cm³/mol. The molecule has 2 aliphatic heterocycles. The molecule has 3 amide bonds. The lowest BCUT2D eigenvalue weighted by Crippen LogP contribution is -2.61. The van der Waals surface area contributed by atoms with Crippen molar-refractivity contribution >= 4 is 17.7 Å². The third kappa shape index (κ3) is 10.8. The Morgan fingerprint density at radius 1 is 0.836 bits per heavy atom. The van der Waals surface area contributed by atoms with E-state index in [0.717, 1.165) is 52.6 Å². The van der Waals surface area contributed by atoms with Crippen LogP contribution in [0.15, 0.2) is 72.8 Å². The molecule has 1 aliphatic carbocycles. The summed E-state index contributed by atoms with van der Waals surface area (Å²) in [6.07, 6.45) is 6.83. The molecule has 3 aromatic rings. The van der Waals surface area contributed by atoms with Crippen molar-refractivity contribution in [3.05, 3.63) is 95.1 Å². The first-order valence-corrected chi connectivity index (χ1v) is 20.0. The number of aliphatic hydroxyl groups excluding tert-OH is 1. The number of hydrogen-bond donors (Lipinski definition) is 5. The van der Waals surface area contributed by atoms with Gasteiger partial charge in [0.05, 0.1) is 24.9 Å². The lowest BCUT2D eigenvalue weighted by molar-refractivity contribution is -0.255. The molecule has 0 radical (unpaired) electrons. The number of aliphatic hydroxyl groups is 1. The molecule has 55 heavy (non-hydrogen) atoms. The first-order chi connectivity index (χ1) is 26.5. The summed E-state index contributed by atoms with van der Waals surface area (Å²) in [5.41, 5.74) is 6.96. The van der Waals surface area contributed by atoms with Gasteiger partial charge in [0.2, 0.25) is 17.7 Å². The van der Waals surface area contributed by atoms with Gasteiger partial charge in [-0.3, -0.25) is 24.5 Å². The highest BCUT2D eigenvalue weighted by atomic mass is 16.7. The Morgan fingerprint density at radius 2 is 1.55 bits per heavy atom. The topological polar surface area (TPSA) is 149 Å². The van der Waals surface area contributed by atoms with E-state index < -0.39 is 12.2 Å². The summed E-state index contributed by atoms with van der Waals surface area (Å²) in [5, 5.41) is 24.6. The Morgan fingerprint density at radius 3 is 2.27 bits per heavy atom. The average Bonchev–Trinajstić information content (AvgIpc) is 3.19. The first-order valence-electron chi connectivity index (χ1n) is 20.0. The fraction of sp³-hybridized carbons (Fsp3) is 0.523. The molecule has 0 bridgehead atoms. The number of benzene rings is 3. The van der Waals surface area contributed by atoms with Crippen LogP contribution in [0.25, 0.3) is 11.1 Å². The smallest absolute Gasteiger partial charge is 0.243 e. The molecule has 5 N–H and O–H groups in total. The number of hydroxylamine groups is 1. The lowest BCUT2D eigenvalue weighted by Gasteiger charge is -2.50. The Kier molecular flexibility index (Phi) is 13.8. The average molecular weight is 755 g/mol. The molecule has 296 valence electrons. The predicted octanol–water partition coefficient (Wildman–Crippen LogP) is 6.62. The minimum atomic E-state index is -0.633. The molecule has 3 aromatic carbocycles. The van der Waals surface area contributed by atoms with Gasteiger partial charge in [0.15, 0.2) is 6.29 Å². The third-order valence-electron chi connectivity index (χ3n) is 11.3. The van der Waals surface area contributed by atoms with Crippen LogP contribution in [0, 0.1) is 5.92 Å². The summed E-state index contributed by atoms with van der Waals surface area (Å²) in [4.78, 5) is 40.0. The van der Waals surface area contributed by atoms with E-state index in [1.54, 1.807) is 5.48 Å². The Balaban J connectivity index is 1.21. The molecule has 2 saturated heterocycles. The van der Waals surface area contributed by atoms with Gasteiger partial charge >= 0.3 is 0 Å². The number of hydrogen-bond acceptors (Lipinski definition) is 8. The van der Waals surface area contributed by atoms with Crippen LogP contribution in [0.5, 0.6) is 0 Å². The number of piperidine rings is 1. The maximum Gasteiger partial charge on any atom is 0.243 e. The summed E-state index contributed by atoms with van der Waals surface area (Å²) in [7, 11) is 0. The largest absolute Gasteiger partial charge is 0.392 e. The number of rotatable bonds is 13. The zero-order valence-corrected chi connectivity index (χ0v) is 32.5. The van der Waals surface area contributed by atoms with Crippen molar-refractivity contribution in [2.75, 3.05) is 6.54 Å². The molecule has 3 aliphatic rings. The van der Waals surface area contributed by atoms with E-state index in [9.17, 15) is 19.5 Å². The molecule has 2 heterocycles. The molecule has 11 nitrogen and oxygen atoms in total. The van der Waals surface area contributed by atoms with Gasteiger partial charge in [0.25, 0.3) is 0 Å². The van der Waals surface area contributed by atoms with Gasteiger partial charge in [-0.1, -0.05) is 85.6 Å². The van der Waals surface area contributed by atoms with Gasteiger partial charge in [0, 0.05) is 49.5 Å². The Hall–Kier alpha value is -4.13. The molecule has 1 saturated carbocycles. The second kappa shape index (κ2) is 18.7. The highest BCUT2D eigenvalue weighted by Crippen LogP contribution is 2.42. The quantitative estimate of drug-likeness (QED) is 0.0966. The number of nitrogens with one attached hydrogen (secondary N) is 3. The summed E-state index contributed by atoms with van der Waals surface area (Å²) >= 11 is 0. The summed E-state index contributed by atoms with van der Waals surface area (Å²) in [6, 6.07) is 24.2. The monoisotopic (exact) mass is 754 g/mol. The van der Waals surface area contributed by atoms with Gasteiger partial charge in [-0.15, -0.1) is 0 Å². The zero-order valence-electron chi connectivity index (χ0n) is 32.5. The summed E-state index contributed by atoms with van der Waals surface area (Å²) in [6.45, 7) is 7.06. The fourth-order valence-corrected chi connectivity index (χ4v) is 8.52. The van der Waals surface area contributed by atoms with Gasteiger partial charge in [-0.2, -0.15) is 0 Å². The normalized spacial score (nSPS) is 24.4. The Bertz CT molecular complexity index is 1740. The molecular formula is C44H58N4O7. The van der Waals surface area contributed by atoms with Crippen molar-refractivity contribution in [1.29, 1.82) is 0 Å². The SMILES string of the molecule is CC(C)(C)NC(=O)C1CCC2CCCCC2N1CC1CC(c2ccc(CO)cc2)OC(c2ccc(-c3ccccc3CNC(=O)CCCC(=O)NO)cc2)O1. The zero-order chi connectivity index (χ0) is 39.0. The standard InChI is InChI=1S/C44H58N4O7/c1-44(2,3)46-42(52)38-24-23-31-9-5-7-12-37(31)48(38)27-35-25-39(32-17-15-29(28-49)16-18-32)55-43(54-35)33-21-19-30(20-22-33)36-11-6-4-10-34(36)26-45-40(50)13-8-14-41(51)47-53/h4,6,10-11,15-22,31,35,37-39,43,49,53H,5,7-9,12-14,23-28H2,1-3H3,(H,45,50)(H,46,52)(H,47,51). The number of nitrogens with zero attached hydrogens (tertiary/aromatic N) is 1. The van der Waals surface area contributed by atoms with Gasteiger partial charge < -0.3 is 25.2 Å². The minimum absolute atomic E-state index is 0.0247. The van der Waals surface area contributed by atoms with Crippen molar-refractivity contribution in [3.8, 4) is 11.1 Å². The van der Waals surface area contributed by atoms with E-state index in [0.29, 0.717) is 37.9 Å². The highest BCUT2D eigenvalue weighted by Gasteiger charge is 2.44. The van der Waals surface area contributed by atoms with Crippen LogP contribution in [0.1, 0.15) is 120 Å². The van der Waals surface area contributed by atoms with Crippen LogP contribution < -0.4 is 16.1 Å². The molecule has 11 heteroatoms. The minimum Gasteiger partial charge on any atom is -0.392 e. The van der Waals surface area contributed by atoms with Crippen molar-refractivity contribution < 1.29 is 34.2 Å². The molecule has 3 fully saturated rings. The molecular weight excluding hydrogens is 697 g/mol. The number of amides is 3. The van der Waals surface area contributed by atoms with Crippen LogP contribution >= 0.6 is 0 Å². The summed E-state index contributed by atoms with van der Waals surface area (Å²) < 4.78 is 13.6. The maximum absolute atomic E-state index is 13.8. The van der Waals surface area contributed by atoms with Gasteiger partial charge in [-0.25, -0.2) is 5.48 Å². The van der Waals surface area contributed by atoms with Crippen molar-refractivity contribution in [2.24, 2.45) is 5.92 Å². The van der Waals surface area contributed by atoms with Crippen molar-refractivity contribution in [2.45, 2.75) is 134 Å². The number of likely N-dealkylation sites (tertiary alicyclic amines) is 1. The molecule has 6 atom stereocenters. The number of ether oxygens (including phenoxy) is 2. The Labute approximate surface area is 325 Å². The molecule has 6 unspecified atom stereocenters. The van der Waals surface area contributed by atoms with Crippen molar-refractivity contribution in [3.63, 3.8) is 0 Å². The van der Waals surface area contributed by atoms with Crippen LogP contribution in [0.3, 0.4) is 0 Å². The van der Waals surface area contributed by atoms with E-state index in [-0.39, 0.29) is 55.1 Å². The van der Waals surface area contributed by atoms with Crippen LogP contribution in [-0.4, -0.2) is 63.2 Å². The number of carbonyl (C=O) groups is 3. The van der Waals surface area contributed by atoms with E-state index in [4.69, 9.17) is 14.7 Å². The second-order valence-corrected chi connectivity index (χ2v) is 16.4. The van der Waals surface area contributed by atoms with Crippen molar-refractivity contribution in [1.82, 2.24) is 21.0 Å². The molecule has 0 spiro atoms. The van der Waals surface area contributed by atoms with Crippen LogP contribution in [0.4, 0.5) is 0 Å². The van der Waals surface area contributed by atoms with E-state index >= 15 is 0 Å². The second-order valence-electron chi connectivity index (χ2n) is 16.4. The molecule has 0 aromatic heterocycles. The summed E-state index contributed by atoms with van der Waals surface area (Å²) in [5.74, 6) is 0.0112. The van der Waals surface area contributed by atoms with Crippen LogP contribution in [-0.2, 0) is 37.0 Å². The molecule has 6 rings (SSSR count). The lowest BCUT2D eigenvalue weighted by atomic mass is 9.75. The number of carbonyl (C=O) groups excluding carboxylic acids is 3. The van der Waals surface area contributed by atoms with Gasteiger partial charge in [0.1, 0.15) is 0 Å². The number of fused-ring (bicyclic) bond motifs is 1. The highest BCUT2D eigenvalue weighted by molar-refractivity contribution is 5.82. The third-order valence-corrected chi connectivity index (χ3v) is 11.3. The van der Waals surface area contributed by atoms with E-state index in [1.165, 1.54) is 19.3 Å². The first kappa shape index (κ1) is 40.5.